The summed E-state index contributed by atoms with van der Waals surface area (Å²) < 4.78 is 44.7. The van der Waals surface area contributed by atoms with Crippen molar-refractivity contribution in [2.45, 2.75) is 139 Å². The van der Waals surface area contributed by atoms with Crippen molar-refractivity contribution in [3.05, 3.63) is 179 Å². The summed E-state index contributed by atoms with van der Waals surface area (Å²) in [5.74, 6) is -2.11. The zero-order valence-electron chi connectivity index (χ0n) is 75.3. The van der Waals surface area contributed by atoms with E-state index in [0.717, 1.165) is 136 Å². The Labute approximate surface area is 780 Å². The first kappa shape index (κ1) is 107. The zero-order valence-corrected chi connectivity index (χ0v) is 81.8. The molecule has 50 heteroatoms. The number of nitrogens with zero attached hydrogens (tertiary/aromatic N) is 20. The van der Waals surface area contributed by atoms with Gasteiger partial charge in [0.1, 0.15) is 121 Å². The second kappa shape index (κ2) is 51.2. The Morgan fingerprint density at radius 2 is 0.992 bits per heavy atom. The molecule has 0 aromatic carbocycles. The minimum absolute atomic E-state index is 0. The van der Waals surface area contributed by atoms with Crippen molar-refractivity contribution < 1.29 is 71.5 Å². The summed E-state index contributed by atoms with van der Waals surface area (Å²) in [7, 11) is 8.06. The number of aromatic amines is 4. The number of methoxy groups -OCH3 is 3. The minimum Gasteiger partial charge on any atom is -0.466 e. The number of Topliss-reactive ketones (excluding diaryl/α,β-unsaturated/α-hetero) is 1. The second-order valence-electron chi connectivity index (χ2n) is 26.4. The van der Waals surface area contributed by atoms with Crippen LogP contribution in [-0.2, 0) is 61.6 Å². The smallest absolute Gasteiger partial charge is 0.355 e. The number of nitrogens with one attached hydrogen (secondary N) is 4. The summed E-state index contributed by atoms with van der Waals surface area (Å²) in [6, 6.07) is 1.72. The molecule has 16 aromatic rings. The van der Waals surface area contributed by atoms with Gasteiger partial charge in [-0.05, 0) is 148 Å². The highest BCUT2D eigenvalue weighted by Crippen LogP contribution is 2.33. The van der Waals surface area contributed by atoms with Crippen LogP contribution in [0.25, 0.3) is 100 Å². The Hall–Kier alpha value is -12.6. The van der Waals surface area contributed by atoms with Crippen LogP contribution in [0.1, 0.15) is 168 Å². The number of nitrogens with two attached hydrogens (primary N) is 1. The number of fused-ring (bicyclic) bond motifs is 10. The Morgan fingerprint density at radius 1 is 0.527 bits per heavy atom. The molecule has 0 atom stereocenters. The van der Waals surface area contributed by atoms with E-state index in [4.69, 9.17) is 35.7 Å². The number of carbonyl (C=O) groups excluding carboxylic acids is 7. The van der Waals surface area contributed by atoms with E-state index in [1.807, 2.05) is 106 Å². The summed E-state index contributed by atoms with van der Waals surface area (Å²) in [5.41, 5.74) is 35.5. The fourth-order valence-corrected chi connectivity index (χ4v) is 18.3. The maximum atomic E-state index is 12.0. The number of rotatable bonds is 19. The number of aromatic nitrogens is 18. The number of thiazole rings is 8. The standard InChI is InChI=1S/C11H14N2O2S.C10H10N4OS.C10H12N2O2S.C9H10N4O2S.C9H8N4OS.C9H11N3OS.C9H10N2O2S.C5H5NOS.C4H7N3O2.C4H10O3.CH4/c1-5-15-11(14)9-6(2)8-10(13(9)4)16-7(3)12-8;1-5-7-10(16-6(2)12-7)14-4-11-13(3)9(15)8(5)14;1-4-14-10(13)8-5(2)7-9(12-8)15-6(3)11-7;1-3-15-9(14)8(12-13-10)4-7-5-16-6(2)11-7;1-4-6-9(15-5(2)11-6)13-3-10-12-8(14)7(4)13;1-4-7(6(13)3-10)12-9-8(4)11-5(2)14-9;1-3-13-9(12)7-4-6-8(11-7)14-5(2)10-6;1-4-6-5(2-7)3-8-4;1-2-9-4(8)3-6-7-5;1-5-4(6-2)7-3;/h5H2,1-4H3;4H,1-3H3;12H,4H2,1-3H3;4-5H,3H2,1-2H3;3H,1-2H3,(H,12,14);12H,3,10H2,1-2H3;4,11H,3H2,1-2H3;2-3H,1H3;2-3H2,1H3;4H,1-3H3;1H4/b;;;8-4-;;;;;;;. The highest BCUT2D eigenvalue weighted by atomic mass is 32.1. The predicted octanol–water partition coefficient (Wildman–Crippen LogP) is 16.5. The van der Waals surface area contributed by atoms with E-state index in [1.165, 1.54) is 66.1 Å². The number of ketones is 1. The molecule has 0 radical (unpaired) electrons. The van der Waals surface area contributed by atoms with E-state index >= 15 is 0 Å². The van der Waals surface area contributed by atoms with Crippen molar-refractivity contribution >= 4 is 212 Å². The van der Waals surface area contributed by atoms with Gasteiger partial charge in [0.05, 0.1) is 91.0 Å². The van der Waals surface area contributed by atoms with Crippen molar-refractivity contribution in [1.29, 1.82) is 0 Å². The molecular formula is C81H101N25O17S8. The van der Waals surface area contributed by atoms with Crippen LogP contribution in [0.2, 0.25) is 0 Å². The number of esters is 5. The third-order valence-electron chi connectivity index (χ3n) is 17.3. The number of hydrogen-bond donors (Lipinski definition) is 5. The lowest BCUT2D eigenvalue weighted by Gasteiger charge is -2.08. The summed E-state index contributed by atoms with van der Waals surface area (Å²) in [4.78, 5) is 155. The topological polar surface area (TPSA) is 562 Å². The molecule has 131 heavy (non-hydrogen) atoms. The van der Waals surface area contributed by atoms with E-state index in [9.17, 15) is 43.2 Å². The maximum Gasteiger partial charge on any atom is 0.355 e. The van der Waals surface area contributed by atoms with Crippen LogP contribution in [0.15, 0.2) is 55.0 Å². The fourth-order valence-electron chi connectivity index (χ4n) is 11.8. The molecule has 0 aliphatic heterocycles. The number of ether oxygens (including phenoxy) is 8. The van der Waals surface area contributed by atoms with Gasteiger partial charge in [-0.15, -0.1) is 90.7 Å². The lowest BCUT2D eigenvalue weighted by atomic mass is 10.2. The highest BCUT2D eigenvalue weighted by molar-refractivity contribution is 7.20. The molecule has 6 N–H and O–H groups in total. The molecule has 0 bridgehead atoms. The van der Waals surface area contributed by atoms with Crippen LogP contribution in [0, 0.1) is 90.0 Å². The van der Waals surface area contributed by atoms with Crippen molar-refractivity contribution in [2.75, 3.05) is 67.5 Å². The van der Waals surface area contributed by atoms with Crippen molar-refractivity contribution in [3.63, 3.8) is 0 Å². The lowest BCUT2D eigenvalue weighted by Crippen LogP contribution is -2.21. The van der Waals surface area contributed by atoms with Gasteiger partial charge in [0.15, 0.2) is 12.1 Å². The van der Waals surface area contributed by atoms with E-state index in [1.54, 1.807) is 132 Å². The highest BCUT2D eigenvalue weighted by Gasteiger charge is 2.24. The summed E-state index contributed by atoms with van der Waals surface area (Å²) >= 11 is 12.3. The average molecular weight is 1950 g/mol. The van der Waals surface area contributed by atoms with Gasteiger partial charge < -0.3 is 63.1 Å². The summed E-state index contributed by atoms with van der Waals surface area (Å²) in [5, 5.41) is 27.8. The molecule has 0 amide bonds. The monoisotopic (exact) mass is 1950 g/mol. The van der Waals surface area contributed by atoms with Crippen LogP contribution in [0.3, 0.4) is 0 Å². The van der Waals surface area contributed by atoms with Crippen LogP contribution >= 0.6 is 90.7 Å². The third-order valence-corrected chi connectivity index (χ3v) is 24.5. The molecule has 0 aliphatic rings. The van der Waals surface area contributed by atoms with E-state index in [0.29, 0.717) is 71.6 Å². The lowest BCUT2D eigenvalue weighted by molar-refractivity contribution is -0.252. The van der Waals surface area contributed by atoms with Gasteiger partial charge in [0, 0.05) is 83.8 Å². The van der Waals surface area contributed by atoms with Gasteiger partial charge in [0.2, 0.25) is 0 Å². The van der Waals surface area contributed by atoms with Gasteiger partial charge in [-0.3, -0.25) is 32.8 Å². The van der Waals surface area contributed by atoms with E-state index < -0.39 is 18.4 Å². The minimum atomic E-state index is -0.647. The Kier molecular flexibility index (Phi) is 41.9. The third kappa shape index (κ3) is 28.0. The molecule has 0 aliphatic carbocycles. The first-order chi connectivity index (χ1) is 61.9. The normalized spacial score (nSPS) is 10.6. The van der Waals surface area contributed by atoms with Crippen LogP contribution < -0.4 is 16.9 Å². The van der Waals surface area contributed by atoms with Gasteiger partial charge in [-0.2, -0.15) is 10.2 Å². The quantitative estimate of drug-likeness (QED) is 0.00577. The van der Waals surface area contributed by atoms with E-state index in [-0.39, 0.29) is 67.6 Å². The molecule has 0 spiro atoms. The van der Waals surface area contributed by atoms with Gasteiger partial charge in [-0.25, -0.2) is 68.8 Å². The van der Waals surface area contributed by atoms with Crippen molar-refractivity contribution in [1.82, 2.24) is 88.2 Å². The molecular weight excluding hydrogens is 1850 g/mol. The molecule has 0 unspecified atom stereocenters. The molecule has 16 aromatic heterocycles. The molecule has 0 fully saturated rings. The fraction of sp³-hybridized carbons (Fsp3) is 0.395. The first-order valence-corrected chi connectivity index (χ1v) is 45.8. The number of aldehydes is 1. The molecule has 16 rings (SSSR count). The number of carbonyl (C=O) groups is 7. The first-order valence-electron chi connectivity index (χ1n) is 39.1. The van der Waals surface area contributed by atoms with Crippen LogP contribution in [0.4, 0.5) is 0 Å². The maximum absolute atomic E-state index is 12.0. The second-order valence-corrected chi connectivity index (χ2v) is 35.7. The largest absolute Gasteiger partial charge is 0.466 e. The number of hydrogen-bond acceptors (Lipinski definition) is 38. The Morgan fingerprint density at radius 3 is 1.46 bits per heavy atom. The van der Waals surface area contributed by atoms with Gasteiger partial charge in [-0.1, -0.05) is 17.7 Å². The molecule has 700 valence electrons. The van der Waals surface area contributed by atoms with E-state index in [2.05, 4.69) is 109 Å². The number of aryl methyl sites for hydroxylation is 15. The van der Waals surface area contributed by atoms with Gasteiger partial charge in [0.25, 0.3) is 17.6 Å². The predicted molar refractivity (Wildman–Crippen MR) is 512 cm³/mol. The average Bonchev–Trinajstić information content (AvgIpc) is 1.58. The molecule has 42 nitrogen and oxygen atoms in total. The molecule has 0 saturated heterocycles. The van der Waals surface area contributed by atoms with Gasteiger partial charge >= 0.3 is 29.8 Å². The molecule has 16 heterocycles. The Bertz CT molecular complexity index is 6830. The number of azide groups is 2. The number of H-pyrrole nitrogens is 4. The van der Waals surface area contributed by atoms with Crippen LogP contribution in [-0.4, -0.2) is 204 Å². The van der Waals surface area contributed by atoms with Crippen molar-refractivity contribution in [2.24, 2.45) is 30.1 Å². The van der Waals surface area contributed by atoms with Crippen molar-refractivity contribution in [3.8, 4) is 0 Å². The van der Waals surface area contributed by atoms with Crippen LogP contribution in [0.5, 0.6) is 0 Å². The summed E-state index contributed by atoms with van der Waals surface area (Å²) in [6.45, 7) is 34.7. The zero-order chi connectivity index (χ0) is 96.1. The molecule has 0 saturated carbocycles. The SMILES string of the molecule is C.CCOC(=O)/C(=C/c1csc(C)n1)N=[N+]=[N-].CCOC(=O)CN=[N+]=[N-].CCOC(=O)c1[nH]c2sc(C)nc2c1C.CCOC(=O)c1c(C)c2nc(C)sc2n1C.CCOC(=O)c1cc2nc(C)sc2[nH]1.COC(OC)OC.Cc1nc(C=O)cs1.Cc1nc2c(C)c(C(=O)CN)[nH]c2s1.Cc1nc2c(C)c3c(=O)[nH]ncn3c2s1.Cc1nc2c(C)c3c(=O)n(C)ncn3c2s1. The summed E-state index contributed by atoms with van der Waals surface area (Å²) in [6.07, 6.45) is 5.44. The Balaban J connectivity index is 0.000000226.